The van der Waals surface area contributed by atoms with Crippen molar-refractivity contribution in [1.82, 2.24) is 15.2 Å². The molecule has 0 spiro atoms. The number of amides is 1. The molecule has 4 heterocycles. The van der Waals surface area contributed by atoms with E-state index >= 15 is 0 Å². The van der Waals surface area contributed by atoms with Crippen LogP contribution in [0.2, 0.25) is 0 Å². The van der Waals surface area contributed by atoms with Gasteiger partial charge in [0.05, 0.1) is 0 Å². The van der Waals surface area contributed by atoms with Crippen molar-refractivity contribution in [3.8, 4) is 0 Å². The van der Waals surface area contributed by atoms with Crippen LogP contribution >= 0.6 is 0 Å². The summed E-state index contributed by atoms with van der Waals surface area (Å²) in [5.41, 5.74) is 1.72. The summed E-state index contributed by atoms with van der Waals surface area (Å²) in [7, 11) is 2.02. The van der Waals surface area contributed by atoms with Gasteiger partial charge >= 0.3 is 0 Å². The maximum Gasteiger partial charge on any atom is 0.298 e. The number of nitrogens with zero attached hydrogens (tertiary/aromatic N) is 3. The van der Waals surface area contributed by atoms with Crippen LogP contribution in [0.4, 0.5) is 6.01 Å². The zero-order valence-electron chi connectivity index (χ0n) is 15.9. The smallest absolute Gasteiger partial charge is 0.298 e. The fourth-order valence-electron chi connectivity index (χ4n) is 5.12. The van der Waals surface area contributed by atoms with Gasteiger partial charge in [0.2, 0.25) is 5.91 Å². The lowest BCUT2D eigenvalue weighted by molar-refractivity contribution is -0.137. The molecular weight excluding hydrogens is 340 g/mol. The van der Waals surface area contributed by atoms with Gasteiger partial charge in [0, 0.05) is 44.2 Å². The molecule has 6 nitrogen and oxygen atoms in total. The molecule has 0 radical (unpaired) electrons. The third-order valence-corrected chi connectivity index (χ3v) is 6.74. The number of anilines is 1. The highest BCUT2D eigenvalue weighted by molar-refractivity contribution is 5.79. The standard InChI is InChI=1S/C21H28N4O2/c1-24(17-12-15-6-7-16(13-17)22-15)20(26)14-8-10-25(11-9-14)21-23-18-4-2-3-5-19(18)27-21/h2-5,14-17,22H,6-13H2,1H3. The van der Waals surface area contributed by atoms with Crippen molar-refractivity contribution in [2.75, 3.05) is 25.0 Å². The fraction of sp³-hybridized carbons (Fsp3) is 0.619. The molecule has 0 aliphatic carbocycles. The van der Waals surface area contributed by atoms with Gasteiger partial charge in [-0.15, -0.1) is 0 Å². The Balaban J connectivity index is 1.20. The summed E-state index contributed by atoms with van der Waals surface area (Å²) in [5.74, 6) is 0.460. The molecule has 6 heteroatoms. The van der Waals surface area contributed by atoms with Crippen molar-refractivity contribution >= 4 is 23.0 Å². The van der Waals surface area contributed by atoms with E-state index < -0.39 is 0 Å². The molecule has 3 aliphatic rings. The summed E-state index contributed by atoms with van der Waals surface area (Å²) in [6.45, 7) is 1.66. The zero-order valence-corrected chi connectivity index (χ0v) is 15.9. The number of oxazole rings is 1. The second-order valence-electron chi connectivity index (χ2n) is 8.44. The monoisotopic (exact) mass is 368 g/mol. The van der Waals surface area contributed by atoms with Crippen LogP contribution in [0.15, 0.2) is 28.7 Å². The number of hydrogen-bond donors (Lipinski definition) is 1. The number of aromatic nitrogens is 1. The Morgan fingerprint density at radius 2 is 1.85 bits per heavy atom. The third kappa shape index (κ3) is 3.20. The first-order valence-electron chi connectivity index (χ1n) is 10.3. The lowest BCUT2D eigenvalue weighted by atomic mass is 9.92. The predicted molar refractivity (Wildman–Crippen MR) is 105 cm³/mol. The van der Waals surface area contributed by atoms with Gasteiger partial charge in [-0.1, -0.05) is 12.1 Å². The maximum atomic E-state index is 13.1. The van der Waals surface area contributed by atoms with Crippen molar-refractivity contribution in [3.63, 3.8) is 0 Å². The molecule has 27 heavy (non-hydrogen) atoms. The van der Waals surface area contributed by atoms with Gasteiger partial charge in [0.15, 0.2) is 5.58 Å². The average Bonchev–Trinajstić information content (AvgIpc) is 3.29. The molecule has 1 aromatic heterocycles. The lowest BCUT2D eigenvalue weighted by Crippen LogP contribution is -2.51. The number of fused-ring (bicyclic) bond motifs is 3. The normalized spacial score (nSPS) is 28.6. The SMILES string of the molecule is CN(C(=O)C1CCN(c2nc3ccccc3o2)CC1)C1CC2CCC(C1)N2. The van der Waals surface area contributed by atoms with Gasteiger partial charge in [-0.2, -0.15) is 4.98 Å². The highest BCUT2D eigenvalue weighted by atomic mass is 16.4. The highest BCUT2D eigenvalue weighted by Crippen LogP contribution is 2.32. The third-order valence-electron chi connectivity index (χ3n) is 6.74. The van der Waals surface area contributed by atoms with Gasteiger partial charge in [0.25, 0.3) is 6.01 Å². The number of piperidine rings is 2. The van der Waals surface area contributed by atoms with E-state index in [9.17, 15) is 4.79 Å². The largest absolute Gasteiger partial charge is 0.423 e. The van der Waals surface area contributed by atoms with Gasteiger partial charge in [-0.3, -0.25) is 4.79 Å². The van der Waals surface area contributed by atoms with E-state index in [2.05, 4.69) is 20.1 Å². The number of para-hydroxylation sites is 2. The van der Waals surface area contributed by atoms with Crippen molar-refractivity contribution in [2.24, 2.45) is 5.92 Å². The number of benzene rings is 1. The summed E-state index contributed by atoms with van der Waals surface area (Å²) >= 11 is 0. The highest BCUT2D eigenvalue weighted by Gasteiger charge is 2.38. The Morgan fingerprint density at radius 1 is 1.15 bits per heavy atom. The van der Waals surface area contributed by atoms with Crippen molar-refractivity contribution in [2.45, 2.75) is 56.7 Å². The second-order valence-corrected chi connectivity index (χ2v) is 8.44. The van der Waals surface area contributed by atoms with Crippen molar-refractivity contribution in [3.05, 3.63) is 24.3 Å². The molecule has 3 fully saturated rings. The summed E-state index contributed by atoms with van der Waals surface area (Å²) < 4.78 is 5.89. The number of carbonyl (C=O) groups is 1. The van der Waals surface area contributed by atoms with E-state index in [1.54, 1.807) is 0 Å². The molecule has 3 saturated heterocycles. The van der Waals surface area contributed by atoms with Gasteiger partial charge in [-0.25, -0.2) is 0 Å². The minimum Gasteiger partial charge on any atom is -0.423 e. The molecule has 1 amide bonds. The number of hydrogen-bond acceptors (Lipinski definition) is 5. The Bertz CT molecular complexity index is 781. The summed E-state index contributed by atoms with van der Waals surface area (Å²) in [6, 6.07) is 10.2. The van der Waals surface area contributed by atoms with E-state index in [-0.39, 0.29) is 5.92 Å². The van der Waals surface area contributed by atoms with Gasteiger partial charge < -0.3 is 19.5 Å². The number of carbonyl (C=O) groups excluding carboxylic acids is 1. The quantitative estimate of drug-likeness (QED) is 0.903. The second kappa shape index (κ2) is 6.82. The Kier molecular flexibility index (Phi) is 4.31. The molecule has 5 rings (SSSR count). The van der Waals surface area contributed by atoms with Crippen LogP contribution in [0.5, 0.6) is 0 Å². The summed E-state index contributed by atoms with van der Waals surface area (Å²) in [6.07, 6.45) is 6.51. The molecule has 2 bridgehead atoms. The molecule has 2 atom stereocenters. The summed E-state index contributed by atoms with van der Waals surface area (Å²) in [5, 5.41) is 3.67. The van der Waals surface area contributed by atoms with Crippen LogP contribution in [-0.2, 0) is 4.79 Å². The van der Waals surface area contributed by atoms with Crippen LogP contribution in [0.25, 0.3) is 11.1 Å². The molecule has 3 aliphatic heterocycles. The first-order chi connectivity index (χ1) is 13.2. The van der Waals surface area contributed by atoms with Crippen LogP contribution in [-0.4, -0.2) is 54.1 Å². The van der Waals surface area contributed by atoms with E-state index in [4.69, 9.17) is 4.42 Å². The molecular formula is C21H28N4O2. The Hall–Kier alpha value is -2.08. The number of nitrogens with one attached hydrogen (secondary N) is 1. The van der Waals surface area contributed by atoms with Gasteiger partial charge in [-0.05, 0) is 50.7 Å². The lowest BCUT2D eigenvalue weighted by Gasteiger charge is -2.38. The first kappa shape index (κ1) is 17.0. The molecule has 2 aromatic rings. The zero-order chi connectivity index (χ0) is 18.4. The average molecular weight is 368 g/mol. The molecule has 0 saturated carbocycles. The minimum atomic E-state index is 0.128. The van der Waals surface area contributed by atoms with Crippen molar-refractivity contribution in [1.29, 1.82) is 0 Å². The molecule has 1 N–H and O–H groups in total. The van der Waals surface area contributed by atoms with Crippen LogP contribution in [0.3, 0.4) is 0 Å². The molecule has 2 unspecified atom stereocenters. The summed E-state index contributed by atoms with van der Waals surface area (Å²) in [4.78, 5) is 21.9. The van der Waals surface area contributed by atoms with E-state index in [0.717, 1.165) is 49.9 Å². The first-order valence-corrected chi connectivity index (χ1v) is 10.3. The predicted octanol–water partition coefficient (Wildman–Crippen LogP) is 2.79. The maximum absolute atomic E-state index is 13.1. The van der Waals surface area contributed by atoms with E-state index in [1.165, 1.54) is 12.8 Å². The Labute approximate surface area is 159 Å². The van der Waals surface area contributed by atoms with E-state index in [0.29, 0.717) is 30.0 Å². The van der Waals surface area contributed by atoms with Crippen molar-refractivity contribution < 1.29 is 9.21 Å². The van der Waals surface area contributed by atoms with Crippen LogP contribution in [0, 0.1) is 5.92 Å². The Morgan fingerprint density at radius 3 is 2.56 bits per heavy atom. The molecule has 144 valence electrons. The van der Waals surface area contributed by atoms with Crippen LogP contribution in [0.1, 0.15) is 38.5 Å². The molecule has 1 aromatic carbocycles. The van der Waals surface area contributed by atoms with E-state index in [1.807, 2.05) is 31.3 Å². The number of rotatable bonds is 3. The minimum absolute atomic E-state index is 0.128. The fourth-order valence-corrected chi connectivity index (χ4v) is 5.12. The van der Waals surface area contributed by atoms with Gasteiger partial charge in [0.1, 0.15) is 5.52 Å². The van der Waals surface area contributed by atoms with Crippen LogP contribution < -0.4 is 10.2 Å². The topological polar surface area (TPSA) is 61.6 Å².